The summed E-state index contributed by atoms with van der Waals surface area (Å²) >= 11 is 3.10. The molecule has 0 fully saturated rings. The minimum Gasteiger partial charge on any atom is -0.490 e. The molecule has 8 nitrogen and oxygen atoms in total. The van der Waals surface area contributed by atoms with Crippen LogP contribution in [0.15, 0.2) is 35.1 Å². The molecule has 152 valence electrons. The quantitative estimate of drug-likeness (QED) is 0.293. The van der Waals surface area contributed by atoms with Gasteiger partial charge in [0.1, 0.15) is 6.33 Å². The number of aromatic nitrogens is 3. The van der Waals surface area contributed by atoms with Crippen molar-refractivity contribution < 1.29 is 23.2 Å². The monoisotopic (exact) mass is 468 g/mol. The fourth-order valence-corrected chi connectivity index (χ4v) is 3.20. The van der Waals surface area contributed by atoms with Crippen molar-refractivity contribution >= 4 is 21.6 Å². The van der Waals surface area contributed by atoms with Gasteiger partial charge >= 0.3 is 5.69 Å². The molecule has 2 aromatic carbocycles. The minimum absolute atomic E-state index is 0.0186. The van der Waals surface area contributed by atoms with Crippen molar-refractivity contribution in [2.24, 2.45) is 7.05 Å². The van der Waals surface area contributed by atoms with Crippen molar-refractivity contribution in [2.45, 2.75) is 13.2 Å². The standard InChI is InChI=1S/C18H15BrF2N4O4/c1-24-9-22-18(23-24)13-3-10(4-15(25(26)27)17(13)28-2)7-29-8-11-5-12(19)6-14(20)16(11)21/h3-6,9H,7-8H2,1-2H3. The second kappa shape index (κ2) is 8.62. The number of hydrogen-bond donors (Lipinski definition) is 0. The van der Waals surface area contributed by atoms with E-state index in [1.165, 1.54) is 30.3 Å². The number of ether oxygens (including phenoxy) is 2. The number of aryl methyl sites for hydroxylation is 1. The second-order valence-electron chi connectivity index (χ2n) is 6.05. The van der Waals surface area contributed by atoms with E-state index in [1.54, 1.807) is 13.1 Å². The summed E-state index contributed by atoms with van der Waals surface area (Å²) in [6.45, 7) is -0.308. The molecule has 1 aromatic heterocycles. The summed E-state index contributed by atoms with van der Waals surface area (Å²) in [6, 6.07) is 5.30. The summed E-state index contributed by atoms with van der Waals surface area (Å²) in [5, 5.41) is 15.6. The summed E-state index contributed by atoms with van der Waals surface area (Å²) < 4.78 is 39.9. The lowest BCUT2D eigenvalue weighted by Gasteiger charge is -2.11. The highest BCUT2D eigenvalue weighted by molar-refractivity contribution is 9.10. The Bertz CT molecular complexity index is 1070. The van der Waals surface area contributed by atoms with Crippen molar-refractivity contribution in [1.82, 2.24) is 14.8 Å². The maximum absolute atomic E-state index is 13.9. The van der Waals surface area contributed by atoms with Crippen molar-refractivity contribution in [3.63, 3.8) is 0 Å². The zero-order valence-electron chi connectivity index (χ0n) is 15.4. The SMILES string of the molecule is COc1c(-c2ncn(C)n2)cc(COCc2cc(Br)cc(F)c2F)cc1[N+](=O)[O-]. The van der Waals surface area contributed by atoms with Gasteiger partial charge < -0.3 is 9.47 Å². The number of nitro benzene ring substituents is 1. The Balaban J connectivity index is 1.90. The van der Waals surface area contributed by atoms with Gasteiger partial charge in [0.15, 0.2) is 17.5 Å². The van der Waals surface area contributed by atoms with Crippen molar-refractivity contribution in [3.05, 3.63) is 67.9 Å². The molecule has 0 spiro atoms. The summed E-state index contributed by atoms with van der Waals surface area (Å²) in [7, 11) is 2.98. The molecule has 0 N–H and O–H groups in total. The first-order chi connectivity index (χ1) is 13.8. The third-order valence-corrected chi connectivity index (χ3v) is 4.42. The van der Waals surface area contributed by atoms with Crippen LogP contribution in [0.1, 0.15) is 11.1 Å². The third-order valence-electron chi connectivity index (χ3n) is 3.97. The van der Waals surface area contributed by atoms with Gasteiger partial charge in [0.2, 0.25) is 5.75 Å². The molecule has 0 aliphatic carbocycles. The van der Waals surface area contributed by atoms with Gasteiger partial charge in [-0.1, -0.05) is 15.9 Å². The molecule has 0 bridgehead atoms. The Hall–Kier alpha value is -2.92. The summed E-state index contributed by atoms with van der Waals surface area (Å²) in [5.41, 5.74) is 0.485. The van der Waals surface area contributed by atoms with Crippen LogP contribution in [-0.4, -0.2) is 26.8 Å². The first kappa shape index (κ1) is 20.8. The lowest BCUT2D eigenvalue weighted by molar-refractivity contribution is -0.385. The van der Waals surface area contributed by atoms with Gasteiger partial charge in [0.25, 0.3) is 0 Å². The maximum atomic E-state index is 13.9. The normalized spacial score (nSPS) is 10.9. The number of nitro groups is 1. The predicted octanol–water partition coefficient (Wildman–Crippen LogP) is 4.16. The van der Waals surface area contributed by atoms with E-state index in [0.29, 0.717) is 15.6 Å². The van der Waals surface area contributed by atoms with Gasteiger partial charge in [0, 0.05) is 23.2 Å². The van der Waals surface area contributed by atoms with Crippen LogP contribution in [0, 0.1) is 21.7 Å². The number of nitrogens with zero attached hydrogens (tertiary/aromatic N) is 4. The van der Waals surface area contributed by atoms with Crippen LogP contribution in [0.3, 0.4) is 0 Å². The van der Waals surface area contributed by atoms with Gasteiger partial charge in [-0.3, -0.25) is 14.8 Å². The fraction of sp³-hybridized carbons (Fsp3) is 0.222. The number of rotatable bonds is 7. The molecule has 0 saturated heterocycles. The first-order valence-corrected chi connectivity index (χ1v) is 9.02. The molecule has 3 aromatic rings. The number of benzene rings is 2. The minimum atomic E-state index is -1.01. The van der Waals surface area contributed by atoms with Crippen molar-refractivity contribution in [1.29, 1.82) is 0 Å². The maximum Gasteiger partial charge on any atom is 0.312 e. The molecular formula is C18H15BrF2N4O4. The molecule has 0 radical (unpaired) electrons. The zero-order valence-corrected chi connectivity index (χ0v) is 16.9. The third kappa shape index (κ3) is 4.57. The van der Waals surface area contributed by atoms with Crippen molar-refractivity contribution in [2.75, 3.05) is 7.11 Å². The van der Waals surface area contributed by atoms with E-state index in [1.807, 2.05) is 0 Å². The smallest absolute Gasteiger partial charge is 0.312 e. The van der Waals surface area contributed by atoms with E-state index in [9.17, 15) is 18.9 Å². The molecule has 0 amide bonds. The molecule has 3 rings (SSSR count). The van der Waals surface area contributed by atoms with Crippen LogP contribution in [0.5, 0.6) is 5.75 Å². The van der Waals surface area contributed by atoms with E-state index in [2.05, 4.69) is 26.0 Å². The lowest BCUT2D eigenvalue weighted by Crippen LogP contribution is -2.02. The van der Waals surface area contributed by atoms with Gasteiger partial charge in [-0.05, 0) is 23.8 Å². The van der Waals surface area contributed by atoms with Crippen LogP contribution in [0.25, 0.3) is 11.4 Å². The molecule has 1 heterocycles. The van der Waals surface area contributed by atoms with Crippen molar-refractivity contribution in [3.8, 4) is 17.1 Å². The largest absolute Gasteiger partial charge is 0.490 e. The summed E-state index contributed by atoms with van der Waals surface area (Å²) in [6.07, 6.45) is 1.45. The van der Waals surface area contributed by atoms with Crippen LogP contribution < -0.4 is 4.74 Å². The highest BCUT2D eigenvalue weighted by atomic mass is 79.9. The Kier molecular flexibility index (Phi) is 6.18. The highest BCUT2D eigenvalue weighted by Crippen LogP contribution is 2.38. The molecule has 0 unspecified atom stereocenters. The van der Waals surface area contributed by atoms with Gasteiger partial charge in [0.05, 0.1) is 30.8 Å². The molecular weight excluding hydrogens is 454 g/mol. The molecule has 0 aliphatic rings. The van der Waals surface area contributed by atoms with Gasteiger partial charge in [-0.2, -0.15) is 5.10 Å². The molecule has 0 saturated carbocycles. The summed E-state index contributed by atoms with van der Waals surface area (Å²) in [5.74, 6) is -1.74. The Labute approximate surface area is 172 Å². The highest BCUT2D eigenvalue weighted by Gasteiger charge is 2.24. The Morgan fingerprint density at radius 1 is 1.24 bits per heavy atom. The molecule has 29 heavy (non-hydrogen) atoms. The average molecular weight is 469 g/mol. The van der Waals surface area contributed by atoms with Crippen LogP contribution in [0.2, 0.25) is 0 Å². The Morgan fingerprint density at radius 3 is 2.62 bits per heavy atom. The fourth-order valence-electron chi connectivity index (χ4n) is 2.73. The van der Waals surface area contributed by atoms with Gasteiger partial charge in [-0.15, -0.1) is 0 Å². The van der Waals surface area contributed by atoms with Crippen LogP contribution in [0.4, 0.5) is 14.5 Å². The summed E-state index contributed by atoms with van der Waals surface area (Å²) in [4.78, 5) is 15.0. The molecule has 11 heteroatoms. The van der Waals surface area contributed by atoms with Gasteiger partial charge in [-0.25, -0.2) is 13.8 Å². The van der Waals surface area contributed by atoms with Crippen LogP contribution >= 0.6 is 15.9 Å². The van der Waals surface area contributed by atoms with Crippen LogP contribution in [-0.2, 0) is 25.0 Å². The second-order valence-corrected chi connectivity index (χ2v) is 6.96. The Morgan fingerprint density at radius 2 is 2.00 bits per heavy atom. The molecule has 0 aliphatic heterocycles. The van der Waals surface area contributed by atoms with E-state index < -0.39 is 16.6 Å². The number of hydrogen-bond acceptors (Lipinski definition) is 6. The number of halogens is 3. The van der Waals surface area contributed by atoms with E-state index >= 15 is 0 Å². The zero-order chi connectivity index (χ0) is 21.1. The topological polar surface area (TPSA) is 92.3 Å². The van der Waals surface area contributed by atoms with E-state index in [-0.39, 0.29) is 36.0 Å². The van der Waals surface area contributed by atoms with E-state index in [0.717, 1.165) is 6.07 Å². The first-order valence-electron chi connectivity index (χ1n) is 8.22. The predicted molar refractivity (Wildman–Crippen MR) is 102 cm³/mol. The van der Waals surface area contributed by atoms with E-state index in [4.69, 9.17) is 9.47 Å². The number of methoxy groups -OCH3 is 1. The lowest BCUT2D eigenvalue weighted by atomic mass is 10.1. The molecule has 0 atom stereocenters. The average Bonchev–Trinajstić information content (AvgIpc) is 3.11.